The predicted octanol–water partition coefficient (Wildman–Crippen LogP) is 4.95. The van der Waals surface area contributed by atoms with Gasteiger partial charge in [0.1, 0.15) is 17.6 Å². The number of anilines is 2. The van der Waals surface area contributed by atoms with Crippen molar-refractivity contribution in [2.75, 3.05) is 36.4 Å². The first kappa shape index (κ1) is 38.3. The van der Waals surface area contributed by atoms with E-state index in [-0.39, 0.29) is 23.3 Å². The van der Waals surface area contributed by atoms with Gasteiger partial charge >= 0.3 is 0 Å². The molecule has 4 N–H and O–H groups in total. The van der Waals surface area contributed by atoms with E-state index in [1.807, 2.05) is 12.4 Å². The molecular weight excluding hydrogens is 711 g/mol. The van der Waals surface area contributed by atoms with Gasteiger partial charge in [0, 0.05) is 74.5 Å². The van der Waals surface area contributed by atoms with Crippen LogP contribution in [0.1, 0.15) is 94.4 Å². The second-order valence-electron chi connectivity index (χ2n) is 15.0. The van der Waals surface area contributed by atoms with Crippen LogP contribution in [-0.4, -0.2) is 93.6 Å². The first-order valence-electron chi connectivity index (χ1n) is 19.7. The van der Waals surface area contributed by atoms with Gasteiger partial charge in [0.25, 0.3) is 11.8 Å². The van der Waals surface area contributed by atoms with Crippen LogP contribution in [0, 0.1) is 0 Å². The number of carbonyl (C=O) groups excluding carboxylic acids is 5. The lowest BCUT2D eigenvalue weighted by Crippen LogP contribution is -2.51. The number of pyridine rings is 1. The highest BCUT2D eigenvalue weighted by Gasteiger charge is 2.44. The summed E-state index contributed by atoms with van der Waals surface area (Å²) in [4.78, 5) is 73.8. The van der Waals surface area contributed by atoms with Crippen molar-refractivity contribution in [3.05, 3.63) is 108 Å². The number of nitrogens with zero attached hydrogens (tertiary/aromatic N) is 4. The number of phenolic OH excluding ortho intramolecular Hbond substituents is 1. The van der Waals surface area contributed by atoms with Gasteiger partial charge in [0.15, 0.2) is 5.78 Å². The van der Waals surface area contributed by atoms with E-state index in [1.54, 1.807) is 36.4 Å². The zero-order valence-corrected chi connectivity index (χ0v) is 31.5. The molecule has 7 rings (SSSR count). The van der Waals surface area contributed by atoms with Crippen LogP contribution in [-0.2, 0) is 16.0 Å². The Hall–Kier alpha value is -5.98. The van der Waals surface area contributed by atoms with E-state index in [0.29, 0.717) is 66.7 Å². The Kier molecular flexibility index (Phi) is 11.8. The van der Waals surface area contributed by atoms with Crippen LogP contribution >= 0.6 is 0 Å². The number of nitrogens with one attached hydrogen (secondary N) is 3. The number of allylic oxidation sites excluding steroid dienone is 2. The average molecular weight is 760 g/mol. The molecule has 3 aromatic rings. The molecular formula is C43H49N7O6. The number of para-hydroxylation sites is 1. The number of imide groups is 1. The molecule has 13 nitrogen and oxygen atoms in total. The topological polar surface area (TPSA) is 164 Å². The third kappa shape index (κ3) is 8.61. The van der Waals surface area contributed by atoms with E-state index in [2.05, 4.69) is 44.5 Å². The normalized spacial score (nSPS) is 20.2. The number of piperidine rings is 1. The Labute approximate surface area is 326 Å². The molecule has 56 heavy (non-hydrogen) atoms. The number of fused-ring (bicyclic) bond motifs is 3. The van der Waals surface area contributed by atoms with Crippen molar-refractivity contribution in [2.24, 2.45) is 0 Å². The fourth-order valence-corrected chi connectivity index (χ4v) is 8.10. The fourth-order valence-electron chi connectivity index (χ4n) is 8.10. The van der Waals surface area contributed by atoms with Gasteiger partial charge in [-0.1, -0.05) is 44.0 Å². The summed E-state index contributed by atoms with van der Waals surface area (Å²) in [6.45, 7) is 6.70. The SMILES string of the molecule is C=C1CCC(N2C(=O)c3ccc(NCCCCCCCC(=O)NCCc4ccc(N5C[C@@H]6C[C@H]5CN6/C=C/C(=O)c5ccccc5O)nc4)cc3C2=O)C(=O)N1. The summed E-state index contributed by atoms with van der Waals surface area (Å²) in [6.07, 6.45) is 13.1. The number of aromatic nitrogens is 1. The largest absolute Gasteiger partial charge is 0.507 e. The number of benzene rings is 2. The van der Waals surface area contributed by atoms with Gasteiger partial charge in [-0.05, 0) is 80.5 Å². The number of phenols is 1. The van der Waals surface area contributed by atoms with Crippen LogP contribution in [0.5, 0.6) is 5.75 Å². The lowest BCUT2D eigenvalue weighted by Gasteiger charge is -2.34. The number of carbonyl (C=O) groups is 5. The first-order valence-corrected chi connectivity index (χ1v) is 19.7. The van der Waals surface area contributed by atoms with E-state index in [9.17, 15) is 29.1 Å². The van der Waals surface area contributed by atoms with E-state index in [4.69, 9.17) is 4.98 Å². The van der Waals surface area contributed by atoms with E-state index in [1.165, 1.54) is 12.1 Å². The van der Waals surface area contributed by atoms with Crippen molar-refractivity contribution in [2.45, 2.75) is 82.3 Å². The number of hydrogen-bond donors (Lipinski definition) is 4. The van der Waals surface area contributed by atoms with Crippen molar-refractivity contribution in [3.63, 3.8) is 0 Å². The number of likely N-dealkylation sites (tertiary alicyclic amines) is 1. The lowest BCUT2D eigenvalue weighted by atomic mass is 10.0. The molecule has 0 saturated carbocycles. The number of unbranched alkanes of at least 4 members (excludes halogenated alkanes) is 4. The molecule has 2 bridgehead atoms. The predicted molar refractivity (Wildman–Crippen MR) is 212 cm³/mol. The number of ketones is 1. The van der Waals surface area contributed by atoms with Crippen molar-refractivity contribution in [3.8, 4) is 5.75 Å². The molecule has 292 valence electrons. The summed E-state index contributed by atoms with van der Waals surface area (Å²) in [5, 5.41) is 19.0. The summed E-state index contributed by atoms with van der Waals surface area (Å²) in [7, 11) is 0. The minimum Gasteiger partial charge on any atom is -0.507 e. The van der Waals surface area contributed by atoms with E-state index >= 15 is 0 Å². The van der Waals surface area contributed by atoms with Gasteiger partial charge in [0.05, 0.1) is 16.7 Å². The van der Waals surface area contributed by atoms with Gasteiger partial charge in [-0.25, -0.2) is 4.98 Å². The van der Waals surface area contributed by atoms with Crippen molar-refractivity contribution < 1.29 is 29.1 Å². The Bertz CT molecular complexity index is 2030. The molecule has 3 atom stereocenters. The molecule has 4 aliphatic rings. The molecule has 4 amide bonds. The number of aromatic hydroxyl groups is 1. The van der Waals surface area contributed by atoms with Gasteiger partial charge in [-0.3, -0.25) is 28.9 Å². The fraction of sp³-hybridized carbons (Fsp3) is 0.395. The van der Waals surface area contributed by atoms with Crippen LogP contribution in [0.3, 0.4) is 0 Å². The third-order valence-electron chi connectivity index (χ3n) is 11.2. The first-order chi connectivity index (χ1) is 27.2. The molecule has 0 spiro atoms. The Balaban J connectivity index is 0.735. The summed E-state index contributed by atoms with van der Waals surface area (Å²) < 4.78 is 0. The smallest absolute Gasteiger partial charge is 0.262 e. The highest BCUT2D eigenvalue weighted by molar-refractivity contribution is 6.23. The molecule has 3 fully saturated rings. The lowest BCUT2D eigenvalue weighted by molar-refractivity contribution is -0.125. The molecule has 0 radical (unpaired) electrons. The van der Waals surface area contributed by atoms with Crippen molar-refractivity contribution in [1.82, 2.24) is 25.4 Å². The summed E-state index contributed by atoms with van der Waals surface area (Å²) in [5.74, 6) is -0.470. The van der Waals surface area contributed by atoms with Crippen molar-refractivity contribution in [1.29, 1.82) is 0 Å². The second kappa shape index (κ2) is 17.2. The molecule has 5 heterocycles. The van der Waals surface area contributed by atoms with E-state index < -0.39 is 17.9 Å². The third-order valence-corrected chi connectivity index (χ3v) is 11.2. The molecule has 0 aliphatic carbocycles. The van der Waals surface area contributed by atoms with Crippen molar-refractivity contribution >= 4 is 40.9 Å². The minimum absolute atomic E-state index is 0.00958. The summed E-state index contributed by atoms with van der Waals surface area (Å²) in [5.41, 5.74) is 3.37. The quantitative estimate of drug-likeness (QED) is 0.0641. The number of amides is 4. The summed E-state index contributed by atoms with van der Waals surface area (Å²) in [6, 6.07) is 15.7. The maximum atomic E-state index is 13.1. The van der Waals surface area contributed by atoms with Crippen LogP contribution < -0.4 is 20.9 Å². The van der Waals surface area contributed by atoms with Gasteiger partial charge in [0.2, 0.25) is 11.8 Å². The number of rotatable bonds is 17. The number of piperazine rings is 1. The van der Waals surface area contributed by atoms with Crippen LogP contribution in [0.15, 0.2) is 85.3 Å². The Morgan fingerprint density at radius 3 is 2.50 bits per heavy atom. The standard InChI is InChI=1S/C43H49N7O6/c1-28-12-16-36(41(54)47-28)50-42(55)33-15-14-30(23-35(33)43(50)56)44-20-8-4-2-3-5-11-40(53)45-21-18-29-13-17-39(46-25-29)49-27-31-24-32(49)26-48(31)22-19-38(52)34-9-6-7-10-37(34)51/h6-7,9-10,13-15,17,19,22-23,25,31-32,36,44,51H,1-5,8,11-12,16,18,20-21,24,26-27H2,(H,45,53)(H,47,54)/b22-19+/t31-,32-,36?/m0/s1. The molecule has 4 aliphatic heterocycles. The minimum atomic E-state index is -0.822. The number of hydrogen-bond acceptors (Lipinski definition) is 10. The Morgan fingerprint density at radius 1 is 0.929 bits per heavy atom. The zero-order chi connectivity index (χ0) is 39.2. The highest BCUT2D eigenvalue weighted by atomic mass is 16.3. The zero-order valence-electron chi connectivity index (χ0n) is 31.5. The Morgan fingerprint density at radius 2 is 1.73 bits per heavy atom. The van der Waals surface area contributed by atoms with Gasteiger partial charge in [-0.15, -0.1) is 0 Å². The molecule has 1 unspecified atom stereocenters. The average Bonchev–Trinajstić information content (AvgIpc) is 3.87. The van der Waals surface area contributed by atoms with E-state index in [0.717, 1.165) is 80.1 Å². The molecule has 3 saturated heterocycles. The molecule has 2 aromatic carbocycles. The van der Waals surface area contributed by atoms with Crippen LogP contribution in [0.25, 0.3) is 0 Å². The van der Waals surface area contributed by atoms with Gasteiger partial charge in [-0.2, -0.15) is 0 Å². The van der Waals surface area contributed by atoms with Crippen LogP contribution in [0.4, 0.5) is 11.5 Å². The molecule has 13 heteroatoms. The second-order valence-corrected chi connectivity index (χ2v) is 15.0. The highest BCUT2D eigenvalue weighted by Crippen LogP contribution is 2.34. The van der Waals surface area contributed by atoms with Gasteiger partial charge < -0.3 is 30.9 Å². The monoisotopic (exact) mass is 759 g/mol. The maximum Gasteiger partial charge on any atom is 0.262 e. The van der Waals surface area contributed by atoms with Crippen LogP contribution in [0.2, 0.25) is 0 Å². The summed E-state index contributed by atoms with van der Waals surface area (Å²) >= 11 is 0. The molecule has 1 aromatic heterocycles. The maximum absolute atomic E-state index is 13.1.